The van der Waals surface area contributed by atoms with Crippen LogP contribution in [-0.2, 0) is 11.4 Å². The molecule has 1 heterocycles. The molecule has 3 N–H and O–H groups in total. The Kier molecular flexibility index (Phi) is 2.86. The number of aliphatic hydroxyl groups is 1. The number of nitrogens with two attached hydrogens (primary N) is 1. The molecule has 3 nitrogen and oxygen atoms in total. The number of amides is 1. The summed E-state index contributed by atoms with van der Waals surface area (Å²) in [5, 5.41) is 10.5. The van der Waals surface area contributed by atoms with Crippen LogP contribution in [0.3, 0.4) is 0 Å². The highest BCUT2D eigenvalue weighted by atomic mass is 32.1. The molecule has 1 rings (SSSR count). The van der Waals surface area contributed by atoms with E-state index in [1.54, 1.807) is 11.4 Å². The van der Waals surface area contributed by atoms with Crippen LogP contribution in [0.15, 0.2) is 11.4 Å². The van der Waals surface area contributed by atoms with Crippen LogP contribution in [0.4, 0.5) is 0 Å². The highest BCUT2D eigenvalue weighted by Crippen LogP contribution is 2.12. The summed E-state index contributed by atoms with van der Waals surface area (Å²) in [6.45, 7) is 0.00289. The van der Waals surface area contributed by atoms with Crippen LogP contribution in [-0.4, -0.2) is 11.0 Å². The molecule has 0 aliphatic rings. The summed E-state index contributed by atoms with van der Waals surface area (Å²) in [5.41, 5.74) is 5.53. The fraction of sp³-hybridized carbons (Fsp3) is 0.125. The fourth-order valence-corrected chi connectivity index (χ4v) is 1.34. The molecule has 0 radical (unpaired) electrons. The minimum Gasteiger partial charge on any atom is -0.391 e. The average molecular weight is 181 g/mol. The van der Waals surface area contributed by atoms with Crippen molar-refractivity contribution < 1.29 is 9.90 Å². The maximum atomic E-state index is 10.3. The Hall–Kier alpha value is -1.31. The van der Waals surface area contributed by atoms with Crippen molar-refractivity contribution in [1.82, 2.24) is 0 Å². The molecule has 0 unspecified atom stereocenters. The Morgan fingerprint density at radius 3 is 3.00 bits per heavy atom. The van der Waals surface area contributed by atoms with Crippen LogP contribution >= 0.6 is 11.3 Å². The van der Waals surface area contributed by atoms with E-state index in [0.29, 0.717) is 5.56 Å². The maximum absolute atomic E-state index is 10.3. The maximum Gasteiger partial charge on any atom is 0.293 e. The van der Waals surface area contributed by atoms with Crippen LogP contribution in [0, 0.1) is 11.8 Å². The highest BCUT2D eigenvalue weighted by Gasteiger charge is 1.94. The van der Waals surface area contributed by atoms with Crippen LogP contribution in [0.5, 0.6) is 0 Å². The number of carbonyl (C=O) groups excluding carboxylic acids is 1. The van der Waals surface area contributed by atoms with Gasteiger partial charge in [0.25, 0.3) is 5.91 Å². The molecule has 0 aromatic carbocycles. The standard InChI is InChI=1S/C8H7NO2S/c9-8(11)2-1-6-3-7(4-10)12-5-6/h3,5,10H,4H2,(H2,9,11). The Bertz CT molecular complexity index is 345. The molecule has 12 heavy (non-hydrogen) atoms. The van der Waals surface area contributed by atoms with Gasteiger partial charge in [-0.05, 0) is 6.07 Å². The Morgan fingerprint density at radius 2 is 2.50 bits per heavy atom. The summed E-state index contributed by atoms with van der Waals surface area (Å²) in [6, 6.07) is 1.72. The summed E-state index contributed by atoms with van der Waals surface area (Å²) >= 11 is 1.40. The van der Waals surface area contributed by atoms with Gasteiger partial charge in [-0.2, -0.15) is 0 Å². The molecule has 0 atom stereocenters. The first-order valence-electron chi connectivity index (χ1n) is 3.22. The molecule has 0 spiro atoms. The lowest BCUT2D eigenvalue weighted by Crippen LogP contribution is -2.05. The van der Waals surface area contributed by atoms with E-state index in [1.807, 2.05) is 0 Å². The monoisotopic (exact) mass is 181 g/mol. The van der Waals surface area contributed by atoms with Crippen molar-refractivity contribution in [1.29, 1.82) is 0 Å². The third-order valence-electron chi connectivity index (χ3n) is 1.14. The van der Waals surface area contributed by atoms with Crippen molar-refractivity contribution in [3.8, 4) is 11.8 Å². The molecule has 1 amide bonds. The number of hydrogen-bond acceptors (Lipinski definition) is 3. The van der Waals surface area contributed by atoms with Gasteiger partial charge in [0.15, 0.2) is 0 Å². The van der Waals surface area contributed by atoms with Gasteiger partial charge in [0.2, 0.25) is 0 Å². The van der Waals surface area contributed by atoms with Crippen molar-refractivity contribution in [2.24, 2.45) is 5.73 Å². The van der Waals surface area contributed by atoms with E-state index in [2.05, 4.69) is 11.8 Å². The van der Waals surface area contributed by atoms with E-state index in [0.717, 1.165) is 4.88 Å². The first-order chi connectivity index (χ1) is 5.72. The normalized spacial score (nSPS) is 8.75. The van der Waals surface area contributed by atoms with Crippen molar-refractivity contribution in [2.75, 3.05) is 0 Å². The van der Waals surface area contributed by atoms with Crippen molar-refractivity contribution >= 4 is 17.2 Å². The van der Waals surface area contributed by atoms with E-state index in [9.17, 15) is 4.79 Å². The van der Waals surface area contributed by atoms with E-state index in [1.165, 1.54) is 11.3 Å². The van der Waals surface area contributed by atoms with E-state index in [-0.39, 0.29) is 6.61 Å². The summed E-state index contributed by atoms with van der Waals surface area (Å²) in [4.78, 5) is 11.1. The topological polar surface area (TPSA) is 63.3 Å². The first-order valence-corrected chi connectivity index (χ1v) is 4.10. The number of rotatable bonds is 1. The number of aliphatic hydroxyl groups excluding tert-OH is 1. The van der Waals surface area contributed by atoms with Crippen molar-refractivity contribution in [3.63, 3.8) is 0 Å². The van der Waals surface area contributed by atoms with Gasteiger partial charge in [0.1, 0.15) is 0 Å². The third kappa shape index (κ3) is 2.38. The molecule has 0 saturated heterocycles. The average Bonchev–Trinajstić information content (AvgIpc) is 2.48. The van der Waals surface area contributed by atoms with Gasteiger partial charge in [-0.1, -0.05) is 5.92 Å². The molecule has 62 valence electrons. The van der Waals surface area contributed by atoms with Crippen LogP contribution in [0.2, 0.25) is 0 Å². The lowest BCUT2D eigenvalue weighted by atomic mass is 10.3. The molecule has 0 bridgehead atoms. The van der Waals surface area contributed by atoms with Gasteiger partial charge < -0.3 is 10.8 Å². The number of thiophene rings is 1. The molecule has 4 heteroatoms. The lowest BCUT2D eigenvalue weighted by Gasteiger charge is -1.80. The SMILES string of the molecule is NC(=O)C#Cc1csc(CO)c1. The van der Waals surface area contributed by atoms with Crippen LogP contribution < -0.4 is 5.73 Å². The van der Waals surface area contributed by atoms with E-state index >= 15 is 0 Å². The Balaban J connectivity index is 2.78. The summed E-state index contributed by atoms with van der Waals surface area (Å²) in [7, 11) is 0. The minimum absolute atomic E-state index is 0.00289. The van der Waals surface area contributed by atoms with Crippen LogP contribution in [0.1, 0.15) is 10.4 Å². The zero-order chi connectivity index (χ0) is 8.97. The van der Waals surface area contributed by atoms with Gasteiger partial charge in [-0.3, -0.25) is 4.79 Å². The van der Waals surface area contributed by atoms with Gasteiger partial charge in [-0.15, -0.1) is 11.3 Å². The molecule has 0 aliphatic carbocycles. The molecule has 1 aromatic rings. The summed E-state index contributed by atoms with van der Waals surface area (Å²) in [6.07, 6.45) is 0. The van der Waals surface area contributed by atoms with Gasteiger partial charge in [0, 0.05) is 21.7 Å². The minimum atomic E-state index is -0.647. The fourth-order valence-electron chi connectivity index (χ4n) is 0.663. The quantitative estimate of drug-likeness (QED) is 0.602. The zero-order valence-corrected chi connectivity index (χ0v) is 7.02. The zero-order valence-electron chi connectivity index (χ0n) is 6.20. The van der Waals surface area contributed by atoms with Crippen molar-refractivity contribution in [2.45, 2.75) is 6.61 Å². The lowest BCUT2D eigenvalue weighted by molar-refractivity contribution is -0.112. The molecule has 1 aromatic heterocycles. The second-order valence-electron chi connectivity index (χ2n) is 2.07. The third-order valence-corrected chi connectivity index (χ3v) is 2.06. The van der Waals surface area contributed by atoms with E-state index < -0.39 is 5.91 Å². The Morgan fingerprint density at radius 1 is 1.75 bits per heavy atom. The predicted molar refractivity (Wildman–Crippen MR) is 46.3 cm³/mol. The molecule has 0 aliphatic heterocycles. The smallest absolute Gasteiger partial charge is 0.293 e. The predicted octanol–water partition coefficient (Wildman–Crippen LogP) is 0.0772. The molecule has 0 fully saturated rings. The van der Waals surface area contributed by atoms with E-state index in [4.69, 9.17) is 10.8 Å². The number of carbonyl (C=O) groups is 1. The van der Waals surface area contributed by atoms with Crippen molar-refractivity contribution in [3.05, 3.63) is 21.9 Å². The van der Waals surface area contributed by atoms with Crippen LogP contribution in [0.25, 0.3) is 0 Å². The second-order valence-corrected chi connectivity index (χ2v) is 3.07. The first kappa shape index (κ1) is 8.78. The largest absolute Gasteiger partial charge is 0.391 e. The van der Waals surface area contributed by atoms with Gasteiger partial charge in [0.05, 0.1) is 6.61 Å². The van der Waals surface area contributed by atoms with Gasteiger partial charge >= 0.3 is 0 Å². The second kappa shape index (κ2) is 3.90. The van der Waals surface area contributed by atoms with Gasteiger partial charge in [-0.25, -0.2) is 0 Å². The Labute approximate surface area is 73.8 Å². The summed E-state index contributed by atoms with van der Waals surface area (Å²) in [5.74, 6) is 4.14. The summed E-state index contributed by atoms with van der Waals surface area (Å²) < 4.78 is 0. The highest BCUT2D eigenvalue weighted by molar-refractivity contribution is 7.10. The number of hydrogen-bond donors (Lipinski definition) is 2. The number of primary amides is 1. The molecule has 0 saturated carbocycles. The molecular weight excluding hydrogens is 174 g/mol. The molecular formula is C8H7NO2S.